The van der Waals surface area contributed by atoms with E-state index in [4.69, 9.17) is 4.74 Å². The van der Waals surface area contributed by atoms with Gasteiger partial charge < -0.3 is 14.8 Å². The van der Waals surface area contributed by atoms with E-state index in [0.29, 0.717) is 5.75 Å². The molecule has 0 heterocycles. The van der Waals surface area contributed by atoms with Crippen molar-refractivity contribution in [3.05, 3.63) is 29.8 Å². The molecule has 0 bridgehead atoms. The number of benzene rings is 1. The van der Waals surface area contributed by atoms with E-state index in [2.05, 4.69) is 29.1 Å². The molecule has 1 unspecified atom stereocenters. The molecule has 5 heteroatoms. The van der Waals surface area contributed by atoms with Crippen LogP contribution in [0.1, 0.15) is 24.9 Å². The van der Waals surface area contributed by atoms with Crippen molar-refractivity contribution in [2.24, 2.45) is 0 Å². The van der Waals surface area contributed by atoms with E-state index in [-0.39, 0.29) is 12.0 Å². The molecule has 0 spiro atoms. The van der Waals surface area contributed by atoms with Gasteiger partial charge in [-0.15, -0.1) is 11.8 Å². The lowest BCUT2D eigenvalue weighted by Crippen LogP contribution is -2.24. The second-order valence-electron chi connectivity index (χ2n) is 4.37. The van der Waals surface area contributed by atoms with Gasteiger partial charge in [0.15, 0.2) is 0 Å². The predicted molar refractivity (Wildman–Crippen MR) is 83.4 cm³/mol. The molecule has 0 aromatic heterocycles. The van der Waals surface area contributed by atoms with Crippen LogP contribution < -0.4 is 10.1 Å². The molecule has 0 aliphatic rings. The molecule has 1 aromatic carbocycles. The summed E-state index contributed by atoms with van der Waals surface area (Å²) in [6, 6.07) is 8.27. The first kappa shape index (κ1) is 16.9. The number of carbonyl (C=O) groups is 1. The number of thioether (sulfide) groups is 1. The van der Waals surface area contributed by atoms with E-state index in [0.717, 1.165) is 24.5 Å². The summed E-state index contributed by atoms with van der Waals surface area (Å²) in [5.74, 6) is 1.89. The van der Waals surface area contributed by atoms with Crippen molar-refractivity contribution in [3.8, 4) is 5.75 Å². The molecule has 0 amide bonds. The molecular formula is C15H23NO3S. The number of carbonyl (C=O) groups excluding carboxylic acids is 1. The lowest BCUT2D eigenvalue weighted by Gasteiger charge is -2.18. The molecule has 1 N–H and O–H groups in total. The standard InChI is InChI=1S/C15H23NO3S/c1-4-9-16-14(10-20-11-15(17)19-3)12-5-7-13(18-2)8-6-12/h5-8,14,16H,4,9-11H2,1-3H3. The van der Waals surface area contributed by atoms with Gasteiger partial charge in [0.1, 0.15) is 5.75 Å². The normalized spacial score (nSPS) is 11.9. The predicted octanol–water partition coefficient (Wildman–Crippen LogP) is 2.64. The quantitative estimate of drug-likeness (QED) is 0.710. The first-order valence-corrected chi connectivity index (χ1v) is 7.88. The van der Waals surface area contributed by atoms with E-state index in [9.17, 15) is 4.79 Å². The average Bonchev–Trinajstić information content (AvgIpc) is 2.50. The summed E-state index contributed by atoms with van der Waals surface area (Å²) < 4.78 is 9.82. The van der Waals surface area contributed by atoms with Crippen LogP contribution in [0.3, 0.4) is 0 Å². The molecule has 0 aliphatic heterocycles. The molecule has 0 aliphatic carbocycles. The van der Waals surface area contributed by atoms with Gasteiger partial charge in [-0.3, -0.25) is 4.79 Å². The highest BCUT2D eigenvalue weighted by Gasteiger charge is 2.12. The average molecular weight is 297 g/mol. The molecule has 1 aromatic rings. The molecule has 20 heavy (non-hydrogen) atoms. The molecule has 0 radical (unpaired) electrons. The van der Waals surface area contributed by atoms with E-state index < -0.39 is 0 Å². The van der Waals surface area contributed by atoms with E-state index >= 15 is 0 Å². The zero-order valence-electron chi connectivity index (χ0n) is 12.3. The van der Waals surface area contributed by atoms with Crippen LogP contribution in [-0.4, -0.2) is 38.2 Å². The fourth-order valence-electron chi connectivity index (χ4n) is 1.75. The molecule has 0 fully saturated rings. The van der Waals surface area contributed by atoms with Crippen LogP contribution in [0.15, 0.2) is 24.3 Å². The zero-order valence-corrected chi connectivity index (χ0v) is 13.2. The Morgan fingerprint density at radius 2 is 2.00 bits per heavy atom. The van der Waals surface area contributed by atoms with Crippen molar-refractivity contribution in [2.75, 3.05) is 32.3 Å². The SMILES string of the molecule is CCCNC(CSCC(=O)OC)c1ccc(OC)cc1. The van der Waals surface area contributed by atoms with Crippen molar-refractivity contribution in [1.29, 1.82) is 0 Å². The smallest absolute Gasteiger partial charge is 0.315 e. The van der Waals surface area contributed by atoms with E-state index in [1.54, 1.807) is 18.9 Å². The highest BCUT2D eigenvalue weighted by Crippen LogP contribution is 2.21. The van der Waals surface area contributed by atoms with Gasteiger partial charge in [0, 0.05) is 11.8 Å². The number of ether oxygens (including phenoxy) is 2. The maximum absolute atomic E-state index is 11.1. The van der Waals surface area contributed by atoms with Crippen molar-refractivity contribution < 1.29 is 14.3 Å². The first-order valence-electron chi connectivity index (χ1n) is 6.73. The van der Waals surface area contributed by atoms with Gasteiger partial charge in [0.05, 0.1) is 20.0 Å². The molecular weight excluding hydrogens is 274 g/mol. The Balaban J connectivity index is 2.59. The van der Waals surface area contributed by atoms with Gasteiger partial charge in [-0.1, -0.05) is 19.1 Å². The summed E-state index contributed by atoms with van der Waals surface area (Å²) in [6.07, 6.45) is 1.08. The fraction of sp³-hybridized carbons (Fsp3) is 0.533. The Hall–Kier alpha value is -1.20. The Kier molecular flexibility index (Phi) is 8.14. The summed E-state index contributed by atoms with van der Waals surface area (Å²) in [4.78, 5) is 11.1. The number of esters is 1. The van der Waals surface area contributed by atoms with Crippen molar-refractivity contribution in [1.82, 2.24) is 5.32 Å². The Labute approximate surface area is 125 Å². The number of rotatable bonds is 9. The Morgan fingerprint density at radius 3 is 2.55 bits per heavy atom. The first-order chi connectivity index (χ1) is 9.71. The van der Waals surface area contributed by atoms with Crippen LogP contribution in [-0.2, 0) is 9.53 Å². The maximum atomic E-state index is 11.1. The number of nitrogens with one attached hydrogen (secondary N) is 1. The van der Waals surface area contributed by atoms with Crippen molar-refractivity contribution in [3.63, 3.8) is 0 Å². The molecule has 0 saturated carbocycles. The monoisotopic (exact) mass is 297 g/mol. The van der Waals surface area contributed by atoms with Crippen LogP contribution >= 0.6 is 11.8 Å². The molecule has 4 nitrogen and oxygen atoms in total. The van der Waals surface area contributed by atoms with Crippen molar-refractivity contribution in [2.45, 2.75) is 19.4 Å². The van der Waals surface area contributed by atoms with Gasteiger partial charge in [-0.2, -0.15) is 0 Å². The van der Waals surface area contributed by atoms with Gasteiger partial charge in [-0.05, 0) is 30.7 Å². The summed E-state index contributed by atoms with van der Waals surface area (Å²) >= 11 is 1.58. The number of methoxy groups -OCH3 is 2. The molecule has 0 saturated heterocycles. The van der Waals surface area contributed by atoms with Gasteiger partial charge in [-0.25, -0.2) is 0 Å². The lowest BCUT2D eigenvalue weighted by atomic mass is 10.1. The maximum Gasteiger partial charge on any atom is 0.315 e. The summed E-state index contributed by atoms with van der Waals surface area (Å²) in [5, 5.41) is 3.50. The Bertz CT molecular complexity index is 395. The third kappa shape index (κ3) is 5.84. The van der Waals surface area contributed by atoms with Gasteiger partial charge in [0.2, 0.25) is 0 Å². The fourth-order valence-corrected chi connectivity index (χ4v) is 2.70. The highest BCUT2D eigenvalue weighted by molar-refractivity contribution is 7.99. The number of hydrogen-bond acceptors (Lipinski definition) is 5. The van der Waals surface area contributed by atoms with Crippen LogP contribution in [0.4, 0.5) is 0 Å². The largest absolute Gasteiger partial charge is 0.497 e. The minimum atomic E-state index is -0.182. The summed E-state index contributed by atoms with van der Waals surface area (Å²) in [7, 11) is 3.08. The van der Waals surface area contributed by atoms with Gasteiger partial charge >= 0.3 is 5.97 Å². The minimum Gasteiger partial charge on any atom is -0.497 e. The van der Waals surface area contributed by atoms with E-state index in [1.807, 2.05) is 12.1 Å². The minimum absolute atomic E-state index is 0.182. The number of hydrogen-bond donors (Lipinski definition) is 1. The second kappa shape index (κ2) is 9.66. The van der Waals surface area contributed by atoms with Crippen molar-refractivity contribution >= 4 is 17.7 Å². The third-order valence-electron chi connectivity index (χ3n) is 2.89. The zero-order chi connectivity index (χ0) is 14.8. The van der Waals surface area contributed by atoms with Gasteiger partial charge in [0.25, 0.3) is 0 Å². The topological polar surface area (TPSA) is 47.6 Å². The summed E-state index contributed by atoms with van der Waals surface area (Å²) in [6.45, 7) is 3.09. The second-order valence-corrected chi connectivity index (χ2v) is 5.40. The van der Waals surface area contributed by atoms with E-state index in [1.165, 1.54) is 12.7 Å². The summed E-state index contributed by atoms with van der Waals surface area (Å²) in [5.41, 5.74) is 1.21. The molecule has 1 atom stereocenters. The lowest BCUT2D eigenvalue weighted by molar-refractivity contribution is -0.137. The molecule has 1 rings (SSSR count). The van der Waals surface area contributed by atoms with Crippen LogP contribution in [0, 0.1) is 0 Å². The van der Waals surface area contributed by atoms with Crippen LogP contribution in [0.5, 0.6) is 5.75 Å². The highest BCUT2D eigenvalue weighted by atomic mass is 32.2. The van der Waals surface area contributed by atoms with Crippen LogP contribution in [0.25, 0.3) is 0 Å². The third-order valence-corrected chi connectivity index (χ3v) is 3.90. The van der Waals surface area contributed by atoms with Crippen LogP contribution in [0.2, 0.25) is 0 Å². The molecule has 112 valence electrons. The Morgan fingerprint density at radius 1 is 1.30 bits per heavy atom.